The molecule has 0 saturated carbocycles. The minimum atomic E-state index is -0.185. The quantitative estimate of drug-likeness (QED) is 0.730. The first-order valence-corrected chi connectivity index (χ1v) is 8.68. The van der Waals surface area contributed by atoms with Crippen molar-refractivity contribution < 1.29 is 14.3 Å². The summed E-state index contributed by atoms with van der Waals surface area (Å²) in [7, 11) is 0. The second-order valence-electron chi connectivity index (χ2n) is 6.24. The van der Waals surface area contributed by atoms with Crippen LogP contribution in [0.3, 0.4) is 0 Å². The van der Waals surface area contributed by atoms with Crippen LogP contribution in [0.15, 0.2) is 60.8 Å². The number of carbonyl (C=O) groups is 1. The number of pyridine rings is 1. The lowest BCUT2D eigenvalue weighted by Gasteiger charge is -2.19. The molecular weight excluding hydrogens is 342 g/mol. The van der Waals surface area contributed by atoms with Crippen LogP contribution in [0.2, 0.25) is 0 Å². The van der Waals surface area contributed by atoms with E-state index in [0.29, 0.717) is 24.6 Å². The van der Waals surface area contributed by atoms with Gasteiger partial charge < -0.3 is 20.1 Å². The maximum Gasteiger partial charge on any atom is 0.256 e. The molecule has 136 valence electrons. The Balaban J connectivity index is 1.41. The number of hydrogen-bond donors (Lipinski definition) is 2. The molecule has 2 N–H and O–H groups in total. The molecule has 1 aliphatic heterocycles. The number of rotatable bonds is 4. The third-order valence-electron chi connectivity index (χ3n) is 4.15. The maximum absolute atomic E-state index is 12.2. The normalized spacial score (nSPS) is 12.3. The Kier molecular flexibility index (Phi) is 4.61. The molecule has 27 heavy (non-hydrogen) atoms. The Hall–Kier alpha value is -3.54. The smallest absolute Gasteiger partial charge is 0.256 e. The van der Waals surface area contributed by atoms with Crippen molar-refractivity contribution in [2.75, 3.05) is 23.8 Å². The monoisotopic (exact) mass is 361 g/mol. The highest BCUT2D eigenvalue weighted by Crippen LogP contribution is 2.33. The average Bonchev–Trinajstić information content (AvgIpc) is 2.70. The van der Waals surface area contributed by atoms with Gasteiger partial charge in [0.1, 0.15) is 19.0 Å². The fourth-order valence-electron chi connectivity index (χ4n) is 2.72. The number of aryl methyl sites for hydroxylation is 1. The molecule has 2 heterocycles. The molecule has 0 bridgehead atoms. The third kappa shape index (κ3) is 4.00. The Morgan fingerprint density at radius 2 is 1.67 bits per heavy atom. The number of carbonyl (C=O) groups excluding carboxylic acids is 1. The zero-order chi connectivity index (χ0) is 18.6. The van der Waals surface area contributed by atoms with E-state index >= 15 is 0 Å². The van der Waals surface area contributed by atoms with Gasteiger partial charge in [0, 0.05) is 17.3 Å². The van der Waals surface area contributed by atoms with Gasteiger partial charge in [-0.15, -0.1) is 0 Å². The van der Waals surface area contributed by atoms with Crippen molar-refractivity contribution in [3.63, 3.8) is 0 Å². The molecule has 0 atom stereocenters. The number of amides is 1. The summed E-state index contributed by atoms with van der Waals surface area (Å²) in [5.74, 6) is 1.78. The van der Waals surface area contributed by atoms with Crippen LogP contribution in [0.4, 0.5) is 17.2 Å². The van der Waals surface area contributed by atoms with Crippen LogP contribution in [0.25, 0.3) is 0 Å². The van der Waals surface area contributed by atoms with Gasteiger partial charge in [0.2, 0.25) is 0 Å². The van der Waals surface area contributed by atoms with Crippen molar-refractivity contribution in [1.82, 2.24) is 4.98 Å². The second kappa shape index (κ2) is 7.37. The molecule has 3 aromatic rings. The fourth-order valence-corrected chi connectivity index (χ4v) is 2.72. The van der Waals surface area contributed by atoms with Crippen molar-refractivity contribution in [3.8, 4) is 11.5 Å². The molecule has 4 rings (SSSR count). The van der Waals surface area contributed by atoms with Crippen LogP contribution in [-0.2, 0) is 0 Å². The zero-order valence-corrected chi connectivity index (χ0v) is 14.9. The molecule has 0 aliphatic carbocycles. The van der Waals surface area contributed by atoms with Crippen LogP contribution in [-0.4, -0.2) is 24.1 Å². The maximum atomic E-state index is 12.2. The van der Waals surface area contributed by atoms with Gasteiger partial charge in [-0.3, -0.25) is 4.79 Å². The summed E-state index contributed by atoms with van der Waals surface area (Å²) in [4.78, 5) is 16.5. The Labute approximate surface area is 157 Å². The van der Waals surface area contributed by atoms with Crippen LogP contribution >= 0.6 is 0 Å². The van der Waals surface area contributed by atoms with Gasteiger partial charge in [-0.1, -0.05) is 17.7 Å². The van der Waals surface area contributed by atoms with Crippen molar-refractivity contribution in [2.24, 2.45) is 0 Å². The minimum Gasteiger partial charge on any atom is -0.486 e. The minimum absolute atomic E-state index is 0.185. The number of nitrogens with zero attached hydrogens (tertiary/aromatic N) is 1. The van der Waals surface area contributed by atoms with Gasteiger partial charge in [-0.25, -0.2) is 4.98 Å². The van der Waals surface area contributed by atoms with Gasteiger partial charge in [-0.2, -0.15) is 0 Å². The Morgan fingerprint density at radius 1 is 0.926 bits per heavy atom. The average molecular weight is 361 g/mol. The molecule has 0 radical (unpaired) electrons. The number of anilines is 3. The van der Waals surface area contributed by atoms with Crippen molar-refractivity contribution >= 4 is 23.1 Å². The molecular formula is C21H19N3O3. The van der Waals surface area contributed by atoms with E-state index in [-0.39, 0.29) is 5.91 Å². The van der Waals surface area contributed by atoms with Gasteiger partial charge in [-0.05, 0) is 43.3 Å². The fraction of sp³-hybridized carbons (Fsp3) is 0.143. The summed E-state index contributed by atoms with van der Waals surface area (Å²) in [6.07, 6.45) is 1.67. The zero-order valence-electron chi connectivity index (χ0n) is 14.9. The van der Waals surface area contributed by atoms with E-state index in [1.165, 1.54) is 0 Å². The van der Waals surface area contributed by atoms with E-state index < -0.39 is 0 Å². The van der Waals surface area contributed by atoms with Crippen molar-refractivity contribution in [3.05, 3.63) is 71.9 Å². The molecule has 6 nitrogen and oxygen atoms in total. The number of fused-ring (bicyclic) bond motifs is 1. The van der Waals surface area contributed by atoms with Gasteiger partial charge in [0.05, 0.1) is 11.9 Å². The van der Waals surface area contributed by atoms with Crippen LogP contribution < -0.4 is 20.1 Å². The molecule has 1 amide bonds. The molecule has 6 heteroatoms. The predicted octanol–water partition coefficient (Wildman–Crippen LogP) is 4.16. The van der Waals surface area contributed by atoms with E-state index in [1.54, 1.807) is 24.4 Å². The van der Waals surface area contributed by atoms with E-state index in [0.717, 1.165) is 28.4 Å². The Morgan fingerprint density at radius 3 is 2.41 bits per heavy atom. The summed E-state index contributed by atoms with van der Waals surface area (Å²) >= 11 is 0. The molecule has 1 aliphatic rings. The first kappa shape index (κ1) is 16.9. The molecule has 0 saturated heterocycles. The van der Waals surface area contributed by atoms with Crippen molar-refractivity contribution in [2.45, 2.75) is 6.92 Å². The van der Waals surface area contributed by atoms with E-state index in [9.17, 15) is 4.79 Å². The molecule has 2 aromatic carbocycles. The topological polar surface area (TPSA) is 72.5 Å². The lowest BCUT2D eigenvalue weighted by Crippen LogP contribution is -2.15. The summed E-state index contributed by atoms with van der Waals surface area (Å²) in [5, 5.41) is 6.06. The summed E-state index contributed by atoms with van der Waals surface area (Å²) in [6, 6.07) is 16.7. The molecule has 0 spiro atoms. The highest BCUT2D eigenvalue weighted by Gasteiger charge is 2.12. The van der Waals surface area contributed by atoms with Gasteiger partial charge in [0.15, 0.2) is 11.5 Å². The summed E-state index contributed by atoms with van der Waals surface area (Å²) in [6.45, 7) is 3.10. The highest BCUT2D eigenvalue weighted by molar-refractivity contribution is 6.03. The van der Waals surface area contributed by atoms with Gasteiger partial charge >= 0.3 is 0 Å². The molecule has 0 fully saturated rings. The number of hydrogen-bond acceptors (Lipinski definition) is 5. The molecule has 0 unspecified atom stereocenters. The number of benzene rings is 2. The molecule has 1 aromatic heterocycles. The Bertz CT molecular complexity index is 953. The van der Waals surface area contributed by atoms with E-state index in [2.05, 4.69) is 15.6 Å². The van der Waals surface area contributed by atoms with Crippen LogP contribution in [0.5, 0.6) is 11.5 Å². The highest BCUT2D eigenvalue weighted by atomic mass is 16.6. The standard InChI is InChI=1S/C21H19N3O3/c1-14-2-4-15(5-3-14)21(25)24-20-9-7-17(13-22-20)23-16-6-8-18-19(12-16)27-11-10-26-18/h2-9,12-13,23H,10-11H2,1H3,(H,22,24,25). The first-order valence-electron chi connectivity index (χ1n) is 8.68. The number of aromatic nitrogens is 1. The van der Waals surface area contributed by atoms with E-state index in [1.807, 2.05) is 43.3 Å². The predicted molar refractivity (Wildman–Crippen MR) is 104 cm³/mol. The number of ether oxygens (including phenoxy) is 2. The second-order valence-corrected chi connectivity index (χ2v) is 6.24. The van der Waals surface area contributed by atoms with Crippen LogP contribution in [0, 0.1) is 6.92 Å². The van der Waals surface area contributed by atoms with Crippen molar-refractivity contribution in [1.29, 1.82) is 0 Å². The van der Waals surface area contributed by atoms with Crippen LogP contribution in [0.1, 0.15) is 15.9 Å². The third-order valence-corrected chi connectivity index (χ3v) is 4.15. The van der Waals surface area contributed by atoms with Gasteiger partial charge in [0.25, 0.3) is 5.91 Å². The lowest BCUT2D eigenvalue weighted by atomic mass is 10.1. The largest absolute Gasteiger partial charge is 0.486 e. The number of nitrogens with one attached hydrogen (secondary N) is 2. The lowest BCUT2D eigenvalue weighted by molar-refractivity contribution is 0.102. The SMILES string of the molecule is Cc1ccc(C(=O)Nc2ccc(Nc3ccc4c(c3)OCCO4)cn2)cc1. The first-order chi connectivity index (χ1) is 13.2. The summed E-state index contributed by atoms with van der Waals surface area (Å²) < 4.78 is 11.1. The summed E-state index contributed by atoms with van der Waals surface area (Å²) in [5.41, 5.74) is 3.39. The van der Waals surface area contributed by atoms with E-state index in [4.69, 9.17) is 9.47 Å².